The van der Waals surface area contributed by atoms with E-state index in [4.69, 9.17) is 0 Å². The number of pyridine rings is 1. The summed E-state index contributed by atoms with van der Waals surface area (Å²) < 4.78 is 6.40. The van der Waals surface area contributed by atoms with E-state index in [-0.39, 0.29) is 0 Å². The largest absolute Gasteiger partial charge is 0.373 e. The maximum atomic E-state index is 2.36. The molecule has 0 N–H and O–H groups in total. The zero-order valence-electron chi connectivity index (χ0n) is 18.7. The number of anilines is 1. The minimum atomic E-state index is 0.982. The predicted molar refractivity (Wildman–Crippen MR) is 131 cm³/mol. The fourth-order valence-corrected chi connectivity index (χ4v) is 4.85. The Morgan fingerprint density at radius 3 is 2.39 bits per heavy atom. The Kier molecular flexibility index (Phi) is 6.42. The van der Waals surface area contributed by atoms with Crippen molar-refractivity contribution < 1.29 is 9.13 Å². The van der Waals surface area contributed by atoms with Crippen molar-refractivity contribution in [3.8, 4) is 0 Å². The molecule has 0 spiro atoms. The Labute approximate surface area is 189 Å². The molecular formula is C26H30N4S+2. The Hall–Kier alpha value is -3.05. The predicted octanol–water partition coefficient (Wildman–Crippen LogP) is 4.23. The molecular weight excluding hydrogens is 400 g/mol. The van der Waals surface area contributed by atoms with Crippen molar-refractivity contribution in [1.82, 2.24) is 4.57 Å². The molecule has 0 unspecified atom stereocenters. The highest BCUT2D eigenvalue weighted by atomic mass is 32.2. The number of fused-ring (bicyclic) bond motifs is 1. The quantitative estimate of drug-likeness (QED) is 0.322. The van der Waals surface area contributed by atoms with Gasteiger partial charge in [0.1, 0.15) is 19.4 Å². The van der Waals surface area contributed by atoms with Crippen LogP contribution in [0.25, 0.3) is 22.9 Å². The fourth-order valence-electron chi connectivity index (χ4n) is 3.77. The number of thioether (sulfide) groups is 1. The van der Waals surface area contributed by atoms with Gasteiger partial charge in [-0.15, -0.1) is 0 Å². The number of hydrogen-bond acceptors (Lipinski definition) is 2. The number of aryl methyl sites for hydroxylation is 3. The SMILES string of the molecule is CN(CCSc1n(C)cc[n+]1C)c1ccc(/C=C/c2cc[n+](C)cc2)c2ccccc12. The van der Waals surface area contributed by atoms with Gasteiger partial charge >= 0.3 is 5.16 Å². The summed E-state index contributed by atoms with van der Waals surface area (Å²) in [5.41, 5.74) is 3.72. The van der Waals surface area contributed by atoms with E-state index >= 15 is 0 Å². The Bertz CT molecular complexity index is 1190. The van der Waals surface area contributed by atoms with Crippen LogP contribution in [-0.2, 0) is 21.1 Å². The summed E-state index contributed by atoms with van der Waals surface area (Å²) in [6.45, 7) is 0.982. The van der Waals surface area contributed by atoms with E-state index in [1.165, 1.54) is 32.7 Å². The van der Waals surface area contributed by atoms with Crippen LogP contribution in [0.3, 0.4) is 0 Å². The number of aromatic nitrogens is 3. The van der Waals surface area contributed by atoms with E-state index in [0.717, 1.165) is 12.3 Å². The monoisotopic (exact) mass is 430 g/mol. The van der Waals surface area contributed by atoms with Gasteiger partial charge in [0.2, 0.25) is 0 Å². The smallest absolute Gasteiger partial charge is 0.317 e. The first-order valence-electron chi connectivity index (χ1n) is 10.5. The summed E-state index contributed by atoms with van der Waals surface area (Å²) in [7, 11) is 8.42. The average Bonchev–Trinajstić information content (AvgIpc) is 3.10. The molecule has 0 atom stereocenters. The molecule has 0 bridgehead atoms. The summed E-state index contributed by atoms with van der Waals surface area (Å²) in [5.74, 6) is 1.03. The highest BCUT2D eigenvalue weighted by Gasteiger charge is 2.13. The second-order valence-corrected chi connectivity index (χ2v) is 8.98. The van der Waals surface area contributed by atoms with Crippen LogP contribution in [0.1, 0.15) is 11.1 Å². The molecule has 4 aromatic rings. The molecule has 4 nitrogen and oxygen atoms in total. The maximum Gasteiger partial charge on any atom is 0.317 e. The normalized spacial score (nSPS) is 11.5. The molecule has 0 aliphatic carbocycles. The third kappa shape index (κ3) is 4.83. The highest BCUT2D eigenvalue weighted by Crippen LogP contribution is 2.30. The maximum absolute atomic E-state index is 2.36. The van der Waals surface area contributed by atoms with Gasteiger partial charge in [-0.2, -0.15) is 0 Å². The van der Waals surface area contributed by atoms with E-state index in [1.54, 1.807) is 0 Å². The molecule has 0 aliphatic heterocycles. The van der Waals surface area contributed by atoms with E-state index < -0.39 is 0 Å². The minimum absolute atomic E-state index is 0.982. The molecule has 0 amide bonds. The van der Waals surface area contributed by atoms with Crippen LogP contribution >= 0.6 is 11.8 Å². The van der Waals surface area contributed by atoms with Gasteiger partial charge in [0.15, 0.2) is 12.4 Å². The molecule has 0 aliphatic rings. The topological polar surface area (TPSA) is 15.9 Å². The number of nitrogens with zero attached hydrogens (tertiary/aromatic N) is 4. The van der Waals surface area contributed by atoms with Crippen LogP contribution in [-0.4, -0.2) is 23.9 Å². The van der Waals surface area contributed by atoms with Crippen molar-refractivity contribution in [3.05, 3.63) is 84.4 Å². The molecule has 2 aromatic heterocycles. The second kappa shape index (κ2) is 9.40. The van der Waals surface area contributed by atoms with Crippen molar-refractivity contribution in [2.45, 2.75) is 5.16 Å². The summed E-state index contributed by atoms with van der Waals surface area (Å²) in [6.07, 6.45) is 12.7. The lowest BCUT2D eigenvalue weighted by atomic mass is 10.0. The minimum Gasteiger partial charge on any atom is -0.373 e. The van der Waals surface area contributed by atoms with Crippen LogP contribution < -0.4 is 14.0 Å². The van der Waals surface area contributed by atoms with Crippen molar-refractivity contribution in [2.24, 2.45) is 21.1 Å². The highest BCUT2D eigenvalue weighted by molar-refractivity contribution is 7.99. The first-order valence-corrected chi connectivity index (χ1v) is 11.5. The molecule has 4 rings (SSSR count). The van der Waals surface area contributed by atoms with Gasteiger partial charge in [-0.05, 0) is 34.3 Å². The number of rotatable bonds is 7. The number of benzene rings is 2. The van der Waals surface area contributed by atoms with Gasteiger partial charge in [0.25, 0.3) is 0 Å². The summed E-state index contributed by atoms with van der Waals surface area (Å²) >= 11 is 1.89. The number of hydrogen-bond donors (Lipinski definition) is 0. The summed E-state index contributed by atoms with van der Waals surface area (Å²) in [6, 6.07) is 17.4. The molecule has 2 heterocycles. The Balaban J connectivity index is 1.53. The van der Waals surface area contributed by atoms with E-state index in [1.807, 2.05) is 23.4 Å². The van der Waals surface area contributed by atoms with Crippen LogP contribution in [0, 0.1) is 0 Å². The van der Waals surface area contributed by atoms with Crippen molar-refractivity contribution in [2.75, 3.05) is 24.2 Å². The van der Waals surface area contributed by atoms with Crippen LogP contribution in [0.4, 0.5) is 5.69 Å². The molecule has 0 saturated heterocycles. The molecule has 0 fully saturated rings. The zero-order chi connectivity index (χ0) is 21.8. The molecule has 31 heavy (non-hydrogen) atoms. The lowest BCUT2D eigenvalue weighted by Gasteiger charge is -2.21. The average molecular weight is 431 g/mol. The molecule has 0 saturated carbocycles. The summed E-state index contributed by atoms with van der Waals surface area (Å²) in [4.78, 5) is 2.36. The van der Waals surface area contributed by atoms with Crippen LogP contribution in [0.5, 0.6) is 0 Å². The van der Waals surface area contributed by atoms with Crippen LogP contribution in [0.2, 0.25) is 0 Å². The Morgan fingerprint density at radius 2 is 1.68 bits per heavy atom. The summed E-state index contributed by atoms with van der Waals surface area (Å²) in [5, 5.41) is 3.85. The van der Waals surface area contributed by atoms with Gasteiger partial charge in [-0.25, -0.2) is 13.7 Å². The molecule has 5 heteroatoms. The first kappa shape index (κ1) is 21.2. The second-order valence-electron chi connectivity index (χ2n) is 7.92. The van der Waals surface area contributed by atoms with Gasteiger partial charge in [-0.3, -0.25) is 0 Å². The third-order valence-corrected chi connectivity index (χ3v) is 6.80. The van der Waals surface area contributed by atoms with Crippen molar-refractivity contribution >= 4 is 40.4 Å². The Morgan fingerprint density at radius 1 is 0.935 bits per heavy atom. The van der Waals surface area contributed by atoms with Crippen molar-refractivity contribution in [1.29, 1.82) is 0 Å². The van der Waals surface area contributed by atoms with E-state index in [0.29, 0.717) is 0 Å². The lowest BCUT2D eigenvalue weighted by Crippen LogP contribution is -2.29. The van der Waals surface area contributed by atoms with E-state index in [9.17, 15) is 0 Å². The first-order chi connectivity index (χ1) is 15.0. The van der Waals surface area contributed by atoms with Crippen LogP contribution in [0.15, 0.2) is 78.5 Å². The molecule has 0 radical (unpaired) electrons. The lowest BCUT2D eigenvalue weighted by molar-refractivity contribution is -0.709. The van der Waals surface area contributed by atoms with Crippen molar-refractivity contribution in [3.63, 3.8) is 0 Å². The zero-order valence-corrected chi connectivity index (χ0v) is 19.5. The van der Waals surface area contributed by atoms with Gasteiger partial charge in [-0.1, -0.05) is 42.5 Å². The fraction of sp³-hybridized carbons (Fsp3) is 0.231. The molecule has 158 valence electrons. The van der Waals surface area contributed by atoms with Gasteiger partial charge in [0.05, 0.1) is 14.1 Å². The standard InChI is InChI=1S/C26H30N4S/c1-27-15-13-21(14-16-27)9-10-22-11-12-25(24-8-6-5-7-23(22)24)28(2)19-20-31-26-29(3)17-18-30(26)4/h5-18H,19-20H2,1-4H3/q+2. The van der Waals surface area contributed by atoms with Gasteiger partial charge in [0, 0.05) is 42.6 Å². The number of imidazole rings is 1. The molecule has 2 aromatic carbocycles. The third-order valence-electron chi connectivity index (χ3n) is 5.58. The van der Waals surface area contributed by atoms with E-state index in [2.05, 4.69) is 121 Å². The van der Waals surface area contributed by atoms with Gasteiger partial charge < -0.3 is 4.90 Å².